The molecule has 2 saturated heterocycles. The number of phenolic OH excluding ortho intramolecular Hbond substituents is 1. The van der Waals surface area contributed by atoms with Crippen LogP contribution >= 0.6 is 0 Å². The van der Waals surface area contributed by atoms with E-state index < -0.39 is 0 Å². The van der Waals surface area contributed by atoms with E-state index in [1.165, 1.54) is 12.7 Å². The van der Waals surface area contributed by atoms with Gasteiger partial charge in [0.2, 0.25) is 0 Å². The van der Waals surface area contributed by atoms with Crippen molar-refractivity contribution < 1.29 is 14.6 Å². The van der Waals surface area contributed by atoms with Gasteiger partial charge in [-0.2, -0.15) is 0 Å². The Morgan fingerprint density at radius 3 is 3.08 bits per heavy atom. The fraction of sp³-hybridized carbons (Fsp3) is 0.450. The molecule has 0 amide bonds. The van der Waals surface area contributed by atoms with E-state index in [-0.39, 0.29) is 23.1 Å². The first-order valence-corrected chi connectivity index (χ1v) is 8.93. The number of para-hydroxylation sites is 1. The monoisotopic (exact) mass is 338 g/mol. The van der Waals surface area contributed by atoms with Crippen LogP contribution in [0.25, 0.3) is 0 Å². The van der Waals surface area contributed by atoms with Crippen molar-refractivity contribution in [3.05, 3.63) is 46.7 Å². The highest BCUT2D eigenvalue weighted by molar-refractivity contribution is 5.94. The molecule has 5 heteroatoms. The van der Waals surface area contributed by atoms with Gasteiger partial charge in [0.25, 0.3) is 0 Å². The van der Waals surface area contributed by atoms with Crippen molar-refractivity contribution in [3.63, 3.8) is 0 Å². The van der Waals surface area contributed by atoms with Crippen LogP contribution in [0, 0.1) is 5.92 Å². The van der Waals surface area contributed by atoms with Crippen LogP contribution in [0.3, 0.4) is 0 Å². The number of anilines is 1. The average molecular weight is 338 g/mol. The van der Waals surface area contributed by atoms with E-state index >= 15 is 0 Å². The fourth-order valence-electron chi connectivity index (χ4n) is 5.67. The number of nitrogens with one attached hydrogen (secondary N) is 1. The normalized spacial score (nSPS) is 33.9. The van der Waals surface area contributed by atoms with Crippen LogP contribution in [0.1, 0.15) is 25.3 Å². The summed E-state index contributed by atoms with van der Waals surface area (Å²) in [6.07, 6.45) is 4.04. The topological polar surface area (TPSA) is 61.8 Å². The quantitative estimate of drug-likeness (QED) is 0.468. The smallest absolute Gasteiger partial charge is 0.336 e. The summed E-state index contributed by atoms with van der Waals surface area (Å²) in [5, 5.41) is 13.8. The summed E-state index contributed by atoms with van der Waals surface area (Å²) < 4.78 is 5.17. The number of carbonyl (C=O) groups is 1. The van der Waals surface area contributed by atoms with E-state index in [0.717, 1.165) is 48.5 Å². The van der Waals surface area contributed by atoms with Crippen molar-refractivity contribution >= 4 is 11.7 Å². The second-order valence-electron chi connectivity index (χ2n) is 7.46. The maximum absolute atomic E-state index is 12.8. The van der Waals surface area contributed by atoms with Crippen LogP contribution in [0.2, 0.25) is 0 Å². The molecule has 130 valence electrons. The van der Waals surface area contributed by atoms with Gasteiger partial charge in [-0.3, -0.25) is 4.90 Å². The zero-order valence-corrected chi connectivity index (χ0v) is 14.5. The first-order chi connectivity index (χ1) is 12.1. The number of methoxy groups -OCH3 is 1. The molecule has 4 aliphatic rings. The number of phenols is 1. The molecule has 3 atom stereocenters. The molecule has 1 aromatic rings. The standard InChI is InChI=1S/C20H22N2O3/c1-3-11-10-22-8-7-20-13-5-4-6-14(23)17(13)21-18(20)16(19(24)25-2)12(11)9-15(20)22/h3-6,12,15,21,23H,7-10H2,1-2H3. The molecule has 1 aromatic carbocycles. The number of hydrogen-bond acceptors (Lipinski definition) is 5. The van der Waals surface area contributed by atoms with Gasteiger partial charge in [0.1, 0.15) is 5.75 Å². The fourth-order valence-corrected chi connectivity index (χ4v) is 5.67. The zero-order chi connectivity index (χ0) is 17.3. The molecule has 3 aliphatic heterocycles. The average Bonchev–Trinajstić information content (AvgIpc) is 3.18. The number of hydrogen-bond donors (Lipinski definition) is 2. The maximum atomic E-state index is 12.8. The SMILES string of the molecule is CC=C1CN2CCC34C(=C(C(=O)OC)C1CC23)Nc1c(O)cccc14. The third kappa shape index (κ3) is 1.64. The van der Waals surface area contributed by atoms with Crippen LogP contribution < -0.4 is 5.32 Å². The molecule has 0 saturated carbocycles. The molecule has 2 N–H and O–H groups in total. The van der Waals surface area contributed by atoms with Gasteiger partial charge in [0.15, 0.2) is 0 Å². The molecule has 3 heterocycles. The summed E-state index contributed by atoms with van der Waals surface area (Å²) in [5.41, 5.74) is 4.66. The van der Waals surface area contributed by atoms with E-state index in [1.807, 2.05) is 6.07 Å². The van der Waals surface area contributed by atoms with Crippen molar-refractivity contribution in [1.82, 2.24) is 4.90 Å². The van der Waals surface area contributed by atoms with Crippen LogP contribution in [0.5, 0.6) is 5.75 Å². The van der Waals surface area contributed by atoms with Gasteiger partial charge in [-0.15, -0.1) is 0 Å². The lowest BCUT2D eigenvalue weighted by atomic mass is 9.62. The van der Waals surface area contributed by atoms with E-state index in [4.69, 9.17) is 4.74 Å². The van der Waals surface area contributed by atoms with Crippen molar-refractivity contribution in [3.8, 4) is 5.75 Å². The number of ether oxygens (including phenoxy) is 1. The molecule has 1 spiro atoms. The van der Waals surface area contributed by atoms with Gasteiger partial charge in [0.05, 0.1) is 23.8 Å². The summed E-state index contributed by atoms with van der Waals surface area (Å²) in [5.74, 6) is 0.0958. The van der Waals surface area contributed by atoms with Crippen molar-refractivity contribution in [2.75, 3.05) is 25.5 Å². The van der Waals surface area contributed by atoms with Gasteiger partial charge in [0, 0.05) is 30.7 Å². The Hall–Kier alpha value is -2.27. The van der Waals surface area contributed by atoms with Crippen LogP contribution in [0.15, 0.2) is 41.1 Å². The molecule has 3 unspecified atom stereocenters. The molecule has 2 bridgehead atoms. The predicted molar refractivity (Wildman–Crippen MR) is 94.3 cm³/mol. The molecule has 1 aliphatic carbocycles. The lowest BCUT2D eigenvalue weighted by Gasteiger charge is -2.48. The number of rotatable bonds is 1. The van der Waals surface area contributed by atoms with E-state index in [2.05, 4.69) is 29.3 Å². The Labute approximate surface area is 147 Å². The minimum Gasteiger partial charge on any atom is -0.506 e. The Kier molecular flexibility index (Phi) is 2.93. The molecule has 5 rings (SSSR count). The Balaban J connectivity index is 1.83. The Morgan fingerprint density at radius 2 is 2.32 bits per heavy atom. The molecule has 5 nitrogen and oxygen atoms in total. The van der Waals surface area contributed by atoms with Crippen LogP contribution in [0.4, 0.5) is 5.69 Å². The number of esters is 1. The zero-order valence-electron chi connectivity index (χ0n) is 14.5. The summed E-state index contributed by atoms with van der Waals surface area (Å²) in [6, 6.07) is 6.06. The third-order valence-electron chi connectivity index (χ3n) is 6.71. The van der Waals surface area contributed by atoms with Gasteiger partial charge < -0.3 is 15.2 Å². The molecule has 25 heavy (non-hydrogen) atoms. The molecule has 0 radical (unpaired) electrons. The molecule has 2 fully saturated rings. The van der Waals surface area contributed by atoms with E-state index in [1.54, 1.807) is 6.07 Å². The van der Waals surface area contributed by atoms with Crippen molar-refractivity contribution in [2.24, 2.45) is 5.92 Å². The largest absolute Gasteiger partial charge is 0.506 e. The second-order valence-corrected chi connectivity index (χ2v) is 7.46. The molecule has 0 aromatic heterocycles. The summed E-state index contributed by atoms with van der Waals surface area (Å²) in [6.45, 7) is 3.97. The van der Waals surface area contributed by atoms with Gasteiger partial charge in [-0.1, -0.05) is 23.8 Å². The highest BCUT2D eigenvalue weighted by Crippen LogP contribution is 2.62. The summed E-state index contributed by atoms with van der Waals surface area (Å²) in [4.78, 5) is 15.3. The number of piperidine rings is 1. The lowest BCUT2D eigenvalue weighted by molar-refractivity contribution is -0.137. The minimum absolute atomic E-state index is 0.101. The highest BCUT2D eigenvalue weighted by atomic mass is 16.5. The number of aromatic hydroxyl groups is 1. The third-order valence-corrected chi connectivity index (χ3v) is 6.71. The number of allylic oxidation sites excluding steroid dienone is 1. The number of nitrogens with zero attached hydrogens (tertiary/aromatic N) is 1. The van der Waals surface area contributed by atoms with Crippen molar-refractivity contribution in [2.45, 2.75) is 31.2 Å². The number of carbonyl (C=O) groups excluding carboxylic acids is 1. The minimum atomic E-state index is -0.252. The van der Waals surface area contributed by atoms with Gasteiger partial charge in [-0.25, -0.2) is 4.79 Å². The van der Waals surface area contributed by atoms with Crippen molar-refractivity contribution in [1.29, 1.82) is 0 Å². The first kappa shape index (κ1) is 15.0. The Bertz CT molecular complexity index is 856. The van der Waals surface area contributed by atoms with E-state index in [0.29, 0.717) is 6.04 Å². The number of fused-ring (bicyclic) bond motifs is 2. The van der Waals surface area contributed by atoms with Crippen LogP contribution in [-0.2, 0) is 14.9 Å². The van der Waals surface area contributed by atoms with E-state index in [9.17, 15) is 9.90 Å². The van der Waals surface area contributed by atoms with Gasteiger partial charge >= 0.3 is 5.97 Å². The van der Waals surface area contributed by atoms with Crippen LogP contribution in [-0.4, -0.2) is 42.2 Å². The second kappa shape index (κ2) is 4.88. The summed E-state index contributed by atoms with van der Waals surface area (Å²) >= 11 is 0. The maximum Gasteiger partial charge on any atom is 0.336 e. The lowest BCUT2D eigenvalue weighted by Crippen LogP contribution is -2.53. The summed E-state index contributed by atoms with van der Waals surface area (Å²) in [7, 11) is 1.45. The molecular weight excluding hydrogens is 316 g/mol. The molecular formula is C20H22N2O3. The van der Waals surface area contributed by atoms with Gasteiger partial charge in [-0.05, 0) is 31.4 Å². The predicted octanol–water partition coefficient (Wildman–Crippen LogP) is 2.54. The highest BCUT2D eigenvalue weighted by Gasteiger charge is 2.62. The Morgan fingerprint density at radius 1 is 1.48 bits per heavy atom. The first-order valence-electron chi connectivity index (χ1n) is 8.93. The number of benzene rings is 1.